The second-order valence-electron chi connectivity index (χ2n) is 7.91. The van der Waals surface area contributed by atoms with Gasteiger partial charge in [0.1, 0.15) is 0 Å². The fourth-order valence-electron chi connectivity index (χ4n) is 5.15. The molecule has 4 heteroatoms. The molecule has 1 N–H and O–H groups in total. The van der Waals surface area contributed by atoms with Gasteiger partial charge >= 0.3 is 0 Å². The molecule has 136 valence electrons. The number of amides is 1. The van der Waals surface area contributed by atoms with Gasteiger partial charge in [0, 0.05) is 29.5 Å². The molecule has 0 aliphatic carbocycles. The number of hydrogen-bond donors (Lipinski definition) is 1. The molecule has 26 heavy (non-hydrogen) atoms. The fourth-order valence-corrected chi connectivity index (χ4v) is 5.15. The zero-order valence-corrected chi connectivity index (χ0v) is 15.8. The summed E-state index contributed by atoms with van der Waals surface area (Å²) in [6.45, 7) is 4.01. The Bertz CT molecular complexity index is 789. The molecule has 0 saturated carbocycles. The molecule has 4 nitrogen and oxygen atoms in total. The van der Waals surface area contributed by atoms with Crippen molar-refractivity contribution >= 4 is 5.91 Å². The van der Waals surface area contributed by atoms with Gasteiger partial charge in [0.2, 0.25) is 0 Å². The van der Waals surface area contributed by atoms with Crippen molar-refractivity contribution in [1.29, 1.82) is 0 Å². The van der Waals surface area contributed by atoms with Gasteiger partial charge in [-0.25, -0.2) is 0 Å². The molecule has 2 aromatic rings. The highest BCUT2D eigenvalue weighted by Crippen LogP contribution is 2.51. The average molecular weight is 349 g/mol. The minimum atomic E-state index is -0.0415. The highest BCUT2D eigenvalue weighted by Gasteiger charge is 2.54. The largest absolute Gasteiger partial charge is 0.343 e. The standard InChI is InChI=1S/C22H27N3O/c1-15-6-4-7-16(2)19(15)21(26)24-20(17-8-5-13-23-14-17)22-11-9-18(10-12-22)25(22)3/h4-8,13-14,18,20H,9-12H2,1-3H3,(H,24,26). The van der Waals surface area contributed by atoms with Crippen molar-refractivity contribution in [1.82, 2.24) is 15.2 Å². The number of rotatable bonds is 4. The first-order valence-electron chi connectivity index (χ1n) is 9.53. The van der Waals surface area contributed by atoms with Gasteiger partial charge in [0.05, 0.1) is 6.04 Å². The minimum absolute atomic E-state index is 0.0000497. The normalized spacial score (nSPS) is 26.0. The van der Waals surface area contributed by atoms with Crippen LogP contribution in [0.2, 0.25) is 0 Å². The number of fused-ring (bicyclic) bond motifs is 2. The average Bonchev–Trinajstić information content (AvgIpc) is 3.13. The molecule has 0 radical (unpaired) electrons. The summed E-state index contributed by atoms with van der Waals surface area (Å²) in [4.78, 5) is 20.1. The first-order chi connectivity index (χ1) is 12.5. The Balaban J connectivity index is 1.72. The lowest BCUT2D eigenvalue weighted by Gasteiger charge is -2.40. The predicted molar refractivity (Wildman–Crippen MR) is 103 cm³/mol. The van der Waals surface area contributed by atoms with Gasteiger partial charge in [-0.2, -0.15) is 0 Å². The first-order valence-corrected chi connectivity index (χ1v) is 9.53. The van der Waals surface area contributed by atoms with Crippen molar-refractivity contribution in [2.45, 2.75) is 57.2 Å². The van der Waals surface area contributed by atoms with E-state index in [2.05, 4.69) is 28.3 Å². The molecule has 2 aliphatic rings. The van der Waals surface area contributed by atoms with Crippen molar-refractivity contribution in [2.75, 3.05) is 7.05 Å². The molecule has 1 unspecified atom stereocenters. The molecule has 3 heterocycles. The number of benzene rings is 1. The molecule has 1 atom stereocenters. The molecule has 2 aliphatic heterocycles. The van der Waals surface area contributed by atoms with Crippen LogP contribution in [-0.2, 0) is 0 Å². The molecule has 4 rings (SSSR count). The third kappa shape index (κ3) is 2.64. The van der Waals surface area contributed by atoms with Crippen molar-refractivity contribution in [3.8, 4) is 0 Å². The second kappa shape index (κ2) is 6.51. The fraction of sp³-hybridized carbons (Fsp3) is 0.455. The van der Waals surface area contributed by atoms with Crippen LogP contribution >= 0.6 is 0 Å². The molecule has 1 aromatic heterocycles. The SMILES string of the molecule is Cc1cccc(C)c1C(=O)NC(c1cccnc1)C12CCC(CC1)N2C. The zero-order chi connectivity index (χ0) is 18.3. The Hall–Kier alpha value is -2.20. The van der Waals surface area contributed by atoms with E-state index in [0.717, 1.165) is 35.1 Å². The molecular weight excluding hydrogens is 322 g/mol. The van der Waals surface area contributed by atoms with Gasteiger partial charge in [-0.15, -0.1) is 0 Å². The molecular formula is C22H27N3O. The number of nitrogens with zero attached hydrogens (tertiary/aromatic N) is 2. The summed E-state index contributed by atoms with van der Waals surface area (Å²) in [5.41, 5.74) is 3.94. The van der Waals surface area contributed by atoms with Gasteiger partial charge in [-0.3, -0.25) is 14.7 Å². The summed E-state index contributed by atoms with van der Waals surface area (Å²) in [7, 11) is 2.22. The molecule has 0 spiro atoms. The quantitative estimate of drug-likeness (QED) is 0.913. The smallest absolute Gasteiger partial charge is 0.252 e. The van der Waals surface area contributed by atoms with E-state index in [9.17, 15) is 4.79 Å². The number of carbonyl (C=O) groups excluding carboxylic acids is 1. The molecule has 2 fully saturated rings. The summed E-state index contributed by atoms with van der Waals surface area (Å²) in [6.07, 6.45) is 8.38. The summed E-state index contributed by atoms with van der Waals surface area (Å²) in [5, 5.41) is 3.40. The van der Waals surface area contributed by atoms with E-state index in [1.165, 1.54) is 12.8 Å². The molecule has 1 aromatic carbocycles. The number of carbonyl (C=O) groups is 1. The summed E-state index contributed by atoms with van der Waals surface area (Å²) < 4.78 is 0. The maximum atomic E-state index is 13.3. The highest BCUT2D eigenvalue weighted by molar-refractivity contribution is 5.97. The van der Waals surface area contributed by atoms with Crippen LogP contribution in [-0.4, -0.2) is 34.4 Å². The predicted octanol–water partition coefficient (Wildman–Crippen LogP) is 3.80. The van der Waals surface area contributed by atoms with Crippen molar-refractivity contribution < 1.29 is 4.79 Å². The van der Waals surface area contributed by atoms with Crippen LogP contribution in [0.5, 0.6) is 0 Å². The van der Waals surface area contributed by atoms with Crippen molar-refractivity contribution in [2.24, 2.45) is 0 Å². The van der Waals surface area contributed by atoms with E-state index in [-0.39, 0.29) is 17.5 Å². The van der Waals surface area contributed by atoms with E-state index in [1.807, 2.05) is 44.3 Å². The minimum Gasteiger partial charge on any atom is -0.343 e. The first kappa shape index (κ1) is 17.2. The third-order valence-electron chi connectivity index (χ3n) is 6.61. The number of hydrogen-bond acceptors (Lipinski definition) is 3. The Labute approximate surface area is 155 Å². The number of likely N-dealkylation sites (N-methyl/N-ethyl adjacent to an activating group) is 1. The summed E-state index contributed by atoms with van der Waals surface area (Å²) >= 11 is 0. The Kier molecular flexibility index (Phi) is 4.31. The van der Waals surface area contributed by atoms with Gasteiger partial charge in [0.15, 0.2) is 0 Å². The van der Waals surface area contributed by atoms with Crippen LogP contribution in [0.3, 0.4) is 0 Å². The summed E-state index contributed by atoms with van der Waals surface area (Å²) in [6, 6.07) is 10.7. The van der Waals surface area contributed by atoms with Gasteiger partial charge in [-0.05, 0) is 69.3 Å². The zero-order valence-electron chi connectivity index (χ0n) is 15.8. The Morgan fingerprint density at radius 2 is 1.88 bits per heavy atom. The maximum absolute atomic E-state index is 13.3. The van der Waals surface area contributed by atoms with Crippen LogP contribution in [0.1, 0.15) is 58.8 Å². The van der Waals surface area contributed by atoms with E-state index in [4.69, 9.17) is 0 Å². The topological polar surface area (TPSA) is 45.2 Å². The third-order valence-corrected chi connectivity index (χ3v) is 6.61. The lowest BCUT2D eigenvalue weighted by atomic mass is 9.78. The molecule has 1 amide bonds. The summed E-state index contributed by atoms with van der Waals surface area (Å²) in [5.74, 6) is 0.0209. The Morgan fingerprint density at radius 1 is 1.19 bits per heavy atom. The molecule has 2 bridgehead atoms. The van der Waals surface area contributed by atoms with Crippen LogP contribution < -0.4 is 5.32 Å². The lowest BCUT2D eigenvalue weighted by molar-refractivity contribution is 0.0836. The second-order valence-corrected chi connectivity index (χ2v) is 7.91. The Morgan fingerprint density at radius 3 is 2.42 bits per heavy atom. The van der Waals surface area contributed by atoms with Crippen molar-refractivity contribution in [3.05, 3.63) is 65.0 Å². The van der Waals surface area contributed by atoms with E-state index < -0.39 is 0 Å². The number of nitrogens with one attached hydrogen (secondary N) is 1. The number of pyridine rings is 1. The van der Waals surface area contributed by atoms with Crippen LogP contribution in [0.4, 0.5) is 0 Å². The molecule has 2 saturated heterocycles. The van der Waals surface area contributed by atoms with Gasteiger partial charge in [-0.1, -0.05) is 24.3 Å². The monoisotopic (exact) mass is 349 g/mol. The number of aryl methyl sites for hydroxylation is 2. The lowest BCUT2D eigenvalue weighted by Crippen LogP contribution is -2.51. The number of aromatic nitrogens is 1. The van der Waals surface area contributed by atoms with Crippen LogP contribution in [0.25, 0.3) is 0 Å². The van der Waals surface area contributed by atoms with E-state index in [1.54, 1.807) is 6.20 Å². The van der Waals surface area contributed by atoms with Crippen LogP contribution in [0.15, 0.2) is 42.7 Å². The maximum Gasteiger partial charge on any atom is 0.252 e. The van der Waals surface area contributed by atoms with Crippen molar-refractivity contribution in [3.63, 3.8) is 0 Å². The van der Waals surface area contributed by atoms with Gasteiger partial charge < -0.3 is 5.32 Å². The van der Waals surface area contributed by atoms with Crippen LogP contribution in [0, 0.1) is 13.8 Å². The van der Waals surface area contributed by atoms with Gasteiger partial charge in [0.25, 0.3) is 5.91 Å². The van der Waals surface area contributed by atoms with E-state index in [0.29, 0.717) is 6.04 Å². The highest BCUT2D eigenvalue weighted by atomic mass is 16.1. The van der Waals surface area contributed by atoms with E-state index >= 15 is 0 Å².